The molecule has 0 fully saturated rings. The number of hydrogen-bond acceptors (Lipinski definition) is 4. The van der Waals surface area contributed by atoms with Crippen LogP contribution in [0.25, 0.3) is 21.8 Å². The molecule has 8 nitrogen and oxygen atoms in total. The number of amides is 2. The lowest BCUT2D eigenvalue weighted by molar-refractivity contribution is -0.119. The van der Waals surface area contributed by atoms with E-state index in [0.29, 0.717) is 44.7 Å². The van der Waals surface area contributed by atoms with E-state index in [0.717, 1.165) is 39.4 Å². The fourth-order valence-electron chi connectivity index (χ4n) is 4.59. The van der Waals surface area contributed by atoms with Crippen molar-refractivity contribution < 1.29 is 19.1 Å². The molecule has 12 heteroatoms. The van der Waals surface area contributed by atoms with Gasteiger partial charge in [0.25, 0.3) is 0 Å². The fourth-order valence-corrected chi connectivity index (χ4v) is 5.54. The van der Waals surface area contributed by atoms with Crippen molar-refractivity contribution >= 4 is 80.0 Å². The second-order valence-electron chi connectivity index (χ2n) is 9.63. The van der Waals surface area contributed by atoms with E-state index in [4.69, 9.17) is 55.9 Å². The third-order valence-electron chi connectivity index (χ3n) is 6.87. The van der Waals surface area contributed by atoms with Crippen LogP contribution in [-0.2, 0) is 9.59 Å². The molecule has 4 rings (SSSR count). The van der Waals surface area contributed by atoms with Gasteiger partial charge in [0.15, 0.2) is 0 Å². The molecule has 0 saturated carbocycles. The summed E-state index contributed by atoms with van der Waals surface area (Å²) in [4.78, 5) is 28.4. The minimum atomic E-state index is -0.0460. The highest BCUT2D eigenvalue weighted by Crippen LogP contribution is 2.42. The number of methoxy groups -OCH3 is 2. The molecule has 0 saturated heterocycles. The molecule has 0 spiro atoms. The van der Waals surface area contributed by atoms with Crippen molar-refractivity contribution in [3.63, 3.8) is 0 Å². The Morgan fingerprint density at radius 1 is 0.780 bits per heavy atom. The topological polar surface area (TPSA) is 108 Å². The fraction of sp³-hybridized carbons (Fsp3) is 0.379. The van der Waals surface area contributed by atoms with E-state index in [9.17, 15) is 9.59 Å². The van der Waals surface area contributed by atoms with Crippen molar-refractivity contribution in [2.75, 3.05) is 27.3 Å². The zero-order valence-electron chi connectivity index (χ0n) is 23.7. The molecule has 0 aliphatic heterocycles. The number of benzene rings is 2. The lowest BCUT2D eigenvalue weighted by Gasteiger charge is -2.15. The monoisotopic (exact) mass is 642 g/mol. The van der Waals surface area contributed by atoms with Gasteiger partial charge < -0.3 is 30.1 Å². The largest absolute Gasteiger partial charge is 0.495 e. The Balaban J connectivity index is 0.000000226. The number of hydrogen-bond donors (Lipinski definition) is 4. The molecule has 2 heterocycles. The maximum Gasteiger partial charge on any atom is 0.216 e. The highest BCUT2D eigenvalue weighted by molar-refractivity contribution is 6.46. The van der Waals surface area contributed by atoms with Gasteiger partial charge in [-0.05, 0) is 29.7 Å². The quantitative estimate of drug-likeness (QED) is 0.149. The van der Waals surface area contributed by atoms with Crippen molar-refractivity contribution in [2.24, 2.45) is 0 Å². The summed E-state index contributed by atoms with van der Waals surface area (Å²) in [5, 5.41) is 9.28. The van der Waals surface area contributed by atoms with Gasteiger partial charge in [0.2, 0.25) is 11.8 Å². The normalized spacial score (nSPS) is 12.4. The molecule has 2 unspecified atom stereocenters. The van der Waals surface area contributed by atoms with Crippen LogP contribution in [0.5, 0.6) is 11.5 Å². The van der Waals surface area contributed by atoms with Crippen LogP contribution in [0.1, 0.15) is 57.1 Å². The van der Waals surface area contributed by atoms with E-state index >= 15 is 0 Å². The van der Waals surface area contributed by atoms with Crippen LogP contribution in [0.4, 0.5) is 0 Å². The van der Waals surface area contributed by atoms with Gasteiger partial charge in [-0.25, -0.2) is 0 Å². The Bertz CT molecular complexity index is 1550. The second kappa shape index (κ2) is 14.4. The zero-order chi connectivity index (χ0) is 30.4. The number of carbonyl (C=O) groups excluding carboxylic acids is 2. The molecule has 4 N–H and O–H groups in total. The molecule has 41 heavy (non-hydrogen) atoms. The number of H-pyrrole nitrogens is 2. The Morgan fingerprint density at radius 2 is 1.22 bits per heavy atom. The van der Waals surface area contributed by atoms with E-state index in [1.807, 2.05) is 31.5 Å². The highest BCUT2D eigenvalue weighted by Gasteiger charge is 2.20. The van der Waals surface area contributed by atoms with Crippen molar-refractivity contribution in [1.82, 2.24) is 20.6 Å². The van der Waals surface area contributed by atoms with E-state index in [1.54, 1.807) is 14.2 Å². The number of ether oxygens (including phenoxy) is 2. The molecule has 2 aromatic heterocycles. The predicted octanol–water partition coefficient (Wildman–Crippen LogP) is 7.84. The third-order valence-corrected chi connectivity index (χ3v) is 8.57. The maximum atomic E-state index is 11.1. The summed E-state index contributed by atoms with van der Waals surface area (Å²) in [6, 6.07) is 3.74. The Morgan fingerprint density at radius 3 is 1.66 bits per heavy atom. The molecule has 2 amide bonds. The van der Waals surface area contributed by atoms with Gasteiger partial charge in [-0.3, -0.25) is 9.59 Å². The summed E-state index contributed by atoms with van der Waals surface area (Å²) in [5.74, 6) is 1.35. The number of rotatable bonds is 9. The summed E-state index contributed by atoms with van der Waals surface area (Å²) < 4.78 is 10.5. The molecule has 0 aliphatic carbocycles. The first-order chi connectivity index (χ1) is 19.4. The highest BCUT2D eigenvalue weighted by atomic mass is 35.5. The Kier molecular flexibility index (Phi) is 11.5. The standard InChI is InChI=1S/C15H18Cl2N2O2.C14H16Cl2N2O2/c1-4-9(6-18-8(2)20)11-7-19-15-10(11)5-12(21-3)13(16)14(15)17;1-7(5-17-8(2)19)10-6-18-14-9(10)4-11(20-3)12(15)13(14)16/h5,7,9,19H,4,6H2,1-3H3,(H,18,20);4,6-7,18H,5H2,1-3H3,(H,17,19). The van der Waals surface area contributed by atoms with Crippen LogP contribution in [0.3, 0.4) is 0 Å². The molecule has 222 valence electrons. The van der Waals surface area contributed by atoms with Gasteiger partial charge in [0.1, 0.15) is 21.5 Å². The Labute approximate surface area is 259 Å². The molecular weight excluding hydrogens is 610 g/mol. The molecule has 2 aromatic carbocycles. The molecule has 2 atom stereocenters. The van der Waals surface area contributed by atoms with E-state index in [1.165, 1.54) is 13.8 Å². The van der Waals surface area contributed by atoms with Gasteiger partial charge in [-0.15, -0.1) is 0 Å². The van der Waals surface area contributed by atoms with Crippen molar-refractivity contribution in [3.8, 4) is 11.5 Å². The third kappa shape index (κ3) is 7.36. The van der Waals surface area contributed by atoms with Gasteiger partial charge in [0, 0.05) is 61.9 Å². The molecular formula is C29H34Cl4N4O4. The molecule has 0 aliphatic rings. The van der Waals surface area contributed by atoms with Gasteiger partial charge >= 0.3 is 0 Å². The van der Waals surface area contributed by atoms with Crippen LogP contribution in [0, 0.1) is 0 Å². The van der Waals surface area contributed by atoms with Crippen LogP contribution in [0.2, 0.25) is 20.1 Å². The van der Waals surface area contributed by atoms with Gasteiger partial charge in [-0.2, -0.15) is 0 Å². The summed E-state index contributed by atoms with van der Waals surface area (Å²) in [6.45, 7) is 8.28. The minimum Gasteiger partial charge on any atom is -0.495 e. The van der Waals surface area contributed by atoms with Crippen LogP contribution in [0.15, 0.2) is 24.5 Å². The SMILES string of the molecule is CCC(CNC(C)=O)c1c[nH]c2c(Cl)c(Cl)c(OC)cc12.COc1cc2c(C(C)CNC(C)=O)c[nH]c2c(Cl)c1Cl. The summed E-state index contributed by atoms with van der Waals surface area (Å²) in [5.41, 5.74) is 3.73. The first kappa shape index (κ1) is 32.7. The number of fused-ring (bicyclic) bond motifs is 2. The first-order valence-electron chi connectivity index (χ1n) is 13.0. The van der Waals surface area contributed by atoms with E-state index in [2.05, 4.69) is 27.5 Å². The van der Waals surface area contributed by atoms with Crippen LogP contribution >= 0.6 is 46.4 Å². The molecule has 0 bridgehead atoms. The summed E-state index contributed by atoms with van der Waals surface area (Å²) in [7, 11) is 3.11. The smallest absolute Gasteiger partial charge is 0.216 e. The average Bonchev–Trinajstić information content (AvgIpc) is 3.56. The van der Waals surface area contributed by atoms with Crippen molar-refractivity contribution in [1.29, 1.82) is 0 Å². The molecule has 4 aromatic rings. The maximum absolute atomic E-state index is 11.1. The summed E-state index contributed by atoms with van der Waals surface area (Å²) >= 11 is 24.8. The molecule has 0 radical (unpaired) electrons. The number of nitrogens with one attached hydrogen (secondary N) is 4. The lowest BCUT2D eigenvalue weighted by atomic mass is 9.96. The van der Waals surface area contributed by atoms with Crippen LogP contribution in [-0.4, -0.2) is 49.1 Å². The predicted molar refractivity (Wildman–Crippen MR) is 169 cm³/mol. The van der Waals surface area contributed by atoms with E-state index < -0.39 is 0 Å². The number of aromatic nitrogens is 2. The lowest BCUT2D eigenvalue weighted by Crippen LogP contribution is -2.25. The van der Waals surface area contributed by atoms with E-state index in [-0.39, 0.29) is 23.7 Å². The van der Waals surface area contributed by atoms with Crippen molar-refractivity contribution in [2.45, 2.75) is 46.0 Å². The van der Waals surface area contributed by atoms with Gasteiger partial charge in [0.05, 0.1) is 35.3 Å². The Hall–Kier alpha value is -2.78. The second-order valence-corrected chi connectivity index (χ2v) is 11.1. The first-order valence-corrected chi connectivity index (χ1v) is 14.5. The number of halogens is 4. The number of aromatic amines is 2. The van der Waals surface area contributed by atoms with Crippen molar-refractivity contribution in [3.05, 3.63) is 55.7 Å². The summed E-state index contributed by atoms with van der Waals surface area (Å²) in [6.07, 6.45) is 4.71. The zero-order valence-corrected chi connectivity index (χ0v) is 26.8. The van der Waals surface area contributed by atoms with Crippen LogP contribution < -0.4 is 20.1 Å². The van der Waals surface area contributed by atoms with Gasteiger partial charge in [-0.1, -0.05) is 60.3 Å². The minimum absolute atomic E-state index is 0.0352. The number of carbonyl (C=O) groups is 2. The average molecular weight is 644 g/mol.